The zero-order valence-electron chi connectivity index (χ0n) is 13.5. The number of anilines is 1. The summed E-state index contributed by atoms with van der Waals surface area (Å²) in [6.07, 6.45) is 6.78. The fraction of sp³-hybridized carbons (Fsp3) is 0.611. The highest BCUT2D eigenvalue weighted by atomic mass is 16.1. The quantitative estimate of drug-likeness (QED) is 0.683. The highest BCUT2D eigenvalue weighted by molar-refractivity contribution is 5.47. The van der Waals surface area contributed by atoms with Crippen molar-refractivity contribution in [3.8, 4) is 0 Å². The van der Waals surface area contributed by atoms with Crippen LogP contribution in [0.3, 0.4) is 0 Å². The third kappa shape index (κ3) is 3.43. The van der Waals surface area contributed by atoms with E-state index in [2.05, 4.69) is 24.1 Å². The summed E-state index contributed by atoms with van der Waals surface area (Å²) in [5.74, 6) is 0.725. The molecule has 4 nitrogen and oxygen atoms in total. The maximum Gasteiger partial charge on any atom is 0.209 e. The Kier molecular flexibility index (Phi) is 4.67. The van der Waals surface area contributed by atoms with Crippen molar-refractivity contribution in [1.82, 2.24) is 9.80 Å². The van der Waals surface area contributed by atoms with E-state index in [-0.39, 0.29) is 0 Å². The Labute approximate surface area is 133 Å². The van der Waals surface area contributed by atoms with Gasteiger partial charge < -0.3 is 15.5 Å². The number of carbonyl (C=O) groups is 1. The lowest BCUT2D eigenvalue weighted by molar-refractivity contribution is -0.119. The molecule has 1 aromatic carbocycles. The second-order valence-electron chi connectivity index (χ2n) is 6.95. The fourth-order valence-corrected chi connectivity index (χ4v) is 3.93. The van der Waals surface area contributed by atoms with Crippen molar-refractivity contribution in [3.63, 3.8) is 0 Å². The van der Waals surface area contributed by atoms with Gasteiger partial charge in [-0.15, -0.1) is 0 Å². The molecule has 0 bridgehead atoms. The minimum absolute atomic E-state index is 0.624. The highest BCUT2D eigenvalue weighted by Crippen LogP contribution is 2.27. The van der Waals surface area contributed by atoms with Gasteiger partial charge in [0.25, 0.3) is 0 Å². The molecule has 0 saturated carbocycles. The van der Waals surface area contributed by atoms with E-state index >= 15 is 0 Å². The number of hydrogen-bond acceptors (Lipinski definition) is 3. The minimum Gasteiger partial charge on any atom is -0.399 e. The van der Waals surface area contributed by atoms with Crippen LogP contribution in [0.5, 0.6) is 0 Å². The van der Waals surface area contributed by atoms with Gasteiger partial charge in [-0.3, -0.25) is 4.79 Å². The molecule has 3 rings (SSSR count). The molecule has 120 valence electrons. The Morgan fingerprint density at radius 2 is 2.05 bits per heavy atom. The number of likely N-dealkylation sites (tertiary alicyclic amines) is 1. The number of carbonyl (C=O) groups excluding carboxylic acids is 1. The Morgan fingerprint density at radius 1 is 1.27 bits per heavy atom. The number of rotatable bonds is 4. The van der Waals surface area contributed by atoms with Gasteiger partial charge in [0.2, 0.25) is 6.41 Å². The zero-order chi connectivity index (χ0) is 15.5. The van der Waals surface area contributed by atoms with Gasteiger partial charge >= 0.3 is 0 Å². The molecule has 1 fully saturated rings. The number of nitrogen functional groups attached to an aromatic ring is 1. The summed E-state index contributed by atoms with van der Waals surface area (Å²) < 4.78 is 0. The molecule has 0 aromatic heterocycles. The van der Waals surface area contributed by atoms with Crippen molar-refractivity contribution in [2.45, 2.75) is 38.1 Å². The average molecular weight is 301 g/mol. The van der Waals surface area contributed by atoms with Crippen LogP contribution >= 0.6 is 0 Å². The summed E-state index contributed by atoms with van der Waals surface area (Å²) in [4.78, 5) is 15.2. The molecule has 0 spiro atoms. The van der Waals surface area contributed by atoms with E-state index in [1.165, 1.54) is 17.5 Å². The van der Waals surface area contributed by atoms with Crippen LogP contribution in [0.25, 0.3) is 0 Å². The van der Waals surface area contributed by atoms with Gasteiger partial charge in [-0.1, -0.05) is 6.07 Å². The molecule has 22 heavy (non-hydrogen) atoms. The van der Waals surface area contributed by atoms with Gasteiger partial charge in [-0.05, 0) is 68.3 Å². The van der Waals surface area contributed by atoms with Crippen molar-refractivity contribution in [2.75, 3.05) is 32.4 Å². The monoisotopic (exact) mass is 301 g/mol. The highest BCUT2D eigenvalue weighted by Gasteiger charge is 2.25. The first-order valence-electron chi connectivity index (χ1n) is 8.42. The fourth-order valence-electron chi connectivity index (χ4n) is 3.93. The standard InChI is InChI=1S/C18H27N3O/c1-20(12-14-6-8-21(13-22)9-7-14)18-5-3-15-2-4-17(19)10-16(15)11-18/h2,4,10,13-14,18H,3,5-9,11-12,19H2,1H3. The average Bonchev–Trinajstić information content (AvgIpc) is 2.54. The van der Waals surface area contributed by atoms with Crippen molar-refractivity contribution < 1.29 is 4.79 Å². The number of fused-ring (bicyclic) bond motifs is 1. The van der Waals surface area contributed by atoms with E-state index in [1.807, 2.05) is 11.0 Å². The third-order valence-electron chi connectivity index (χ3n) is 5.40. The topological polar surface area (TPSA) is 49.6 Å². The Bertz CT molecular complexity index is 523. The number of likely N-dealkylation sites (N-methyl/N-ethyl adjacent to an activating group) is 1. The van der Waals surface area contributed by atoms with Gasteiger partial charge in [0, 0.05) is 31.4 Å². The molecule has 2 aliphatic rings. The Balaban J connectivity index is 1.55. The molecule has 0 radical (unpaired) electrons. The van der Waals surface area contributed by atoms with Crippen LogP contribution < -0.4 is 5.73 Å². The number of benzene rings is 1. The number of hydrogen-bond donors (Lipinski definition) is 1. The molecule has 1 heterocycles. The number of nitrogens with zero attached hydrogens (tertiary/aromatic N) is 2. The van der Waals surface area contributed by atoms with Crippen molar-refractivity contribution in [2.24, 2.45) is 5.92 Å². The van der Waals surface area contributed by atoms with Crippen LogP contribution in [-0.4, -0.2) is 48.9 Å². The van der Waals surface area contributed by atoms with Gasteiger partial charge in [0.1, 0.15) is 0 Å². The van der Waals surface area contributed by atoms with Gasteiger partial charge in [0.15, 0.2) is 0 Å². The number of nitrogens with two attached hydrogens (primary N) is 1. The van der Waals surface area contributed by atoms with E-state index in [0.717, 1.165) is 63.3 Å². The smallest absolute Gasteiger partial charge is 0.209 e. The third-order valence-corrected chi connectivity index (χ3v) is 5.40. The summed E-state index contributed by atoms with van der Waals surface area (Å²) in [7, 11) is 2.26. The normalized spacial score (nSPS) is 22.6. The predicted octanol–water partition coefficient (Wildman–Crippen LogP) is 1.93. The molecule has 1 aliphatic carbocycles. The Morgan fingerprint density at radius 3 is 2.77 bits per heavy atom. The lowest BCUT2D eigenvalue weighted by Gasteiger charge is -2.37. The van der Waals surface area contributed by atoms with Crippen LogP contribution in [0.2, 0.25) is 0 Å². The summed E-state index contributed by atoms with van der Waals surface area (Å²) in [5.41, 5.74) is 9.71. The first-order valence-corrected chi connectivity index (χ1v) is 8.42. The lowest BCUT2D eigenvalue weighted by Crippen LogP contribution is -2.42. The van der Waals surface area contributed by atoms with Crippen LogP contribution in [0.15, 0.2) is 18.2 Å². The van der Waals surface area contributed by atoms with Gasteiger partial charge in [0.05, 0.1) is 0 Å². The van der Waals surface area contributed by atoms with Crippen LogP contribution in [0.4, 0.5) is 5.69 Å². The minimum atomic E-state index is 0.624. The summed E-state index contributed by atoms with van der Waals surface area (Å²) in [6.45, 7) is 2.99. The second kappa shape index (κ2) is 6.69. The van der Waals surface area contributed by atoms with Crippen LogP contribution in [0, 0.1) is 5.92 Å². The van der Waals surface area contributed by atoms with Crippen LogP contribution in [0.1, 0.15) is 30.4 Å². The van der Waals surface area contributed by atoms with E-state index in [0.29, 0.717) is 6.04 Å². The van der Waals surface area contributed by atoms with Crippen molar-refractivity contribution in [3.05, 3.63) is 29.3 Å². The SMILES string of the molecule is CN(CC1CCN(C=O)CC1)C1CCc2ccc(N)cc2C1. The summed E-state index contributed by atoms with van der Waals surface area (Å²) in [5, 5.41) is 0. The lowest BCUT2D eigenvalue weighted by atomic mass is 9.86. The number of amides is 1. The maximum absolute atomic E-state index is 10.8. The summed E-state index contributed by atoms with van der Waals surface area (Å²) in [6, 6.07) is 6.98. The number of aryl methyl sites for hydroxylation is 1. The molecule has 1 atom stereocenters. The van der Waals surface area contributed by atoms with Crippen molar-refractivity contribution >= 4 is 12.1 Å². The molecular weight excluding hydrogens is 274 g/mol. The van der Waals surface area contributed by atoms with Gasteiger partial charge in [-0.2, -0.15) is 0 Å². The molecule has 1 aromatic rings. The second-order valence-corrected chi connectivity index (χ2v) is 6.95. The van der Waals surface area contributed by atoms with E-state index in [9.17, 15) is 4.79 Å². The zero-order valence-corrected chi connectivity index (χ0v) is 13.5. The molecule has 1 aliphatic heterocycles. The van der Waals surface area contributed by atoms with E-state index < -0.39 is 0 Å². The first kappa shape index (κ1) is 15.3. The van der Waals surface area contributed by atoms with Crippen LogP contribution in [-0.2, 0) is 17.6 Å². The molecule has 4 heteroatoms. The maximum atomic E-state index is 10.8. The number of piperidine rings is 1. The molecule has 1 saturated heterocycles. The largest absolute Gasteiger partial charge is 0.399 e. The molecular formula is C18H27N3O. The molecule has 1 amide bonds. The molecule has 1 unspecified atom stereocenters. The molecule has 2 N–H and O–H groups in total. The Hall–Kier alpha value is -1.55. The van der Waals surface area contributed by atoms with E-state index in [1.54, 1.807) is 0 Å². The summed E-state index contributed by atoms with van der Waals surface area (Å²) >= 11 is 0. The first-order chi connectivity index (χ1) is 10.7. The van der Waals surface area contributed by atoms with Gasteiger partial charge in [-0.25, -0.2) is 0 Å². The van der Waals surface area contributed by atoms with E-state index in [4.69, 9.17) is 5.73 Å². The van der Waals surface area contributed by atoms with Crippen molar-refractivity contribution in [1.29, 1.82) is 0 Å². The predicted molar refractivity (Wildman–Crippen MR) is 89.7 cm³/mol.